The van der Waals surface area contributed by atoms with Crippen LogP contribution in [0, 0.1) is 5.82 Å². The lowest BCUT2D eigenvalue weighted by atomic mass is 10.1. The van der Waals surface area contributed by atoms with Crippen LogP contribution in [-0.4, -0.2) is 49.6 Å². The van der Waals surface area contributed by atoms with E-state index in [0.29, 0.717) is 24.3 Å². The molecule has 1 aromatic rings. The van der Waals surface area contributed by atoms with Crippen molar-refractivity contribution < 1.29 is 9.18 Å². The standard InChI is InChI=1S/C16H22FN3O/c1-12-11-20(9-6-18-12)16(21)13-4-5-15(14(17)10-13)19-7-2-3-8-19/h4-5,10,12,18H,2-3,6-9,11H2,1H3/t12-/m0/s1. The fourth-order valence-electron chi connectivity index (χ4n) is 3.15. The number of anilines is 1. The molecule has 2 fully saturated rings. The molecule has 21 heavy (non-hydrogen) atoms. The molecule has 2 heterocycles. The lowest BCUT2D eigenvalue weighted by molar-refractivity contribution is 0.0708. The quantitative estimate of drug-likeness (QED) is 0.903. The molecule has 0 spiro atoms. The van der Waals surface area contributed by atoms with Crippen molar-refractivity contribution in [1.29, 1.82) is 0 Å². The summed E-state index contributed by atoms with van der Waals surface area (Å²) in [6.07, 6.45) is 2.22. The highest BCUT2D eigenvalue weighted by Crippen LogP contribution is 2.25. The van der Waals surface area contributed by atoms with Crippen molar-refractivity contribution in [3.8, 4) is 0 Å². The number of piperazine rings is 1. The number of hydrogen-bond acceptors (Lipinski definition) is 3. The van der Waals surface area contributed by atoms with Crippen molar-refractivity contribution in [3.63, 3.8) is 0 Å². The van der Waals surface area contributed by atoms with Gasteiger partial charge in [-0.1, -0.05) is 0 Å². The van der Waals surface area contributed by atoms with Crippen molar-refractivity contribution in [2.24, 2.45) is 0 Å². The van der Waals surface area contributed by atoms with Crippen LogP contribution in [0.15, 0.2) is 18.2 Å². The molecule has 0 radical (unpaired) electrons. The summed E-state index contributed by atoms with van der Waals surface area (Å²) in [6.45, 7) is 6.00. The first-order valence-electron chi connectivity index (χ1n) is 7.72. The smallest absolute Gasteiger partial charge is 0.254 e. The molecule has 1 N–H and O–H groups in total. The third kappa shape index (κ3) is 3.02. The minimum absolute atomic E-state index is 0.0739. The van der Waals surface area contributed by atoms with Gasteiger partial charge in [-0.15, -0.1) is 0 Å². The minimum atomic E-state index is -0.286. The number of hydrogen-bond donors (Lipinski definition) is 1. The van der Waals surface area contributed by atoms with Crippen molar-refractivity contribution in [3.05, 3.63) is 29.6 Å². The first kappa shape index (κ1) is 14.3. The molecule has 2 aliphatic heterocycles. The van der Waals surface area contributed by atoms with Crippen LogP contribution < -0.4 is 10.2 Å². The zero-order valence-corrected chi connectivity index (χ0v) is 12.4. The third-order valence-corrected chi connectivity index (χ3v) is 4.30. The second-order valence-electron chi connectivity index (χ2n) is 5.97. The highest BCUT2D eigenvalue weighted by molar-refractivity contribution is 5.94. The van der Waals surface area contributed by atoms with Crippen molar-refractivity contribution >= 4 is 11.6 Å². The van der Waals surface area contributed by atoms with E-state index in [1.165, 1.54) is 6.07 Å². The van der Waals surface area contributed by atoms with Gasteiger partial charge in [-0.3, -0.25) is 4.79 Å². The van der Waals surface area contributed by atoms with Crippen LogP contribution in [0.4, 0.5) is 10.1 Å². The van der Waals surface area contributed by atoms with Gasteiger partial charge < -0.3 is 15.1 Å². The molecular formula is C16H22FN3O. The van der Waals surface area contributed by atoms with E-state index in [4.69, 9.17) is 0 Å². The molecule has 0 bridgehead atoms. The van der Waals surface area contributed by atoms with Crippen LogP contribution >= 0.6 is 0 Å². The molecule has 0 aromatic heterocycles. The van der Waals surface area contributed by atoms with Gasteiger partial charge in [0.15, 0.2) is 0 Å². The summed E-state index contributed by atoms with van der Waals surface area (Å²) in [7, 11) is 0. The zero-order chi connectivity index (χ0) is 14.8. The summed E-state index contributed by atoms with van der Waals surface area (Å²) in [5, 5.41) is 3.30. The van der Waals surface area contributed by atoms with E-state index in [0.717, 1.165) is 32.5 Å². The Hall–Kier alpha value is -1.62. The molecule has 1 atom stereocenters. The fourth-order valence-corrected chi connectivity index (χ4v) is 3.15. The summed E-state index contributed by atoms with van der Waals surface area (Å²) in [4.78, 5) is 16.3. The number of amides is 1. The van der Waals surface area contributed by atoms with Crippen LogP contribution in [-0.2, 0) is 0 Å². The van der Waals surface area contributed by atoms with Crippen LogP contribution in [0.25, 0.3) is 0 Å². The first-order valence-corrected chi connectivity index (χ1v) is 7.72. The van der Waals surface area contributed by atoms with Gasteiger partial charge in [-0.05, 0) is 38.0 Å². The third-order valence-electron chi connectivity index (χ3n) is 4.30. The van der Waals surface area contributed by atoms with Gasteiger partial charge in [-0.25, -0.2) is 4.39 Å². The second-order valence-corrected chi connectivity index (χ2v) is 5.97. The number of halogens is 1. The number of carbonyl (C=O) groups is 1. The molecule has 4 nitrogen and oxygen atoms in total. The Kier molecular flexibility index (Phi) is 4.10. The maximum absolute atomic E-state index is 14.3. The number of benzene rings is 1. The van der Waals surface area contributed by atoms with Gasteiger partial charge in [0.05, 0.1) is 5.69 Å². The molecule has 0 saturated carbocycles. The molecule has 2 saturated heterocycles. The van der Waals surface area contributed by atoms with E-state index in [2.05, 4.69) is 17.1 Å². The minimum Gasteiger partial charge on any atom is -0.369 e. The summed E-state index contributed by atoms with van der Waals surface area (Å²) >= 11 is 0. The van der Waals surface area contributed by atoms with E-state index in [-0.39, 0.29) is 17.8 Å². The Morgan fingerprint density at radius 2 is 2.05 bits per heavy atom. The average Bonchev–Trinajstić information content (AvgIpc) is 3.00. The highest BCUT2D eigenvalue weighted by atomic mass is 19.1. The first-order chi connectivity index (χ1) is 10.1. The Bertz CT molecular complexity index is 528. The van der Waals surface area contributed by atoms with Crippen LogP contribution in [0.5, 0.6) is 0 Å². The van der Waals surface area contributed by atoms with E-state index < -0.39 is 0 Å². The molecule has 5 heteroatoms. The summed E-state index contributed by atoms with van der Waals surface area (Å²) < 4.78 is 14.3. The van der Waals surface area contributed by atoms with Crippen molar-refractivity contribution in [1.82, 2.24) is 10.2 Å². The predicted octanol–water partition coefficient (Wildman–Crippen LogP) is 1.86. The number of rotatable bonds is 2. The SMILES string of the molecule is C[C@H]1CN(C(=O)c2ccc(N3CCCC3)c(F)c2)CCN1. The molecule has 114 valence electrons. The molecule has 2 aliphatic rings. The van der Waals surface area contributed by atoms with Gasteiger partial charge in [-0.2, -0.15) is 0 Å². The summed E-state index contributed by atoms with van der Waals surface area (Å²) in [5.41, 5.74) is 1.07. The van der Waals surface area contributed by atoms with E-state index in [1.54, 1.807) is 17.0 Å². The van der Waals surface area contributed by atoms with Crippen LogP contribution in [0.3, 0.4) is 0 Å². The molecule has 0 aliphatic carbocycles. The molecule has 0 unspecified atom stereocenters. The maximum Gasteiger partial charge on any atom is 0.254 e. The van der Waals surface area contributed by atoms with E-state index in [1.807, 2.05) is 0 Å². The Morgan fingerprint density at radius 3 is 2.71 bits per heavy atom. The van der Waals surface area contributed by atoms with Crippen molar-refractivity contribution in [2.45, 2.75) is 25.8 Å². The fraction of sp³-hybridized carbons (Fsp3) is 0.562. The van der Waals surface area contributed by atoms with Gasteiger partial charge in [0.2, 0.25) is 0 Å². The van der Waals surface area contributed by atoms with Crippen LogP contribution in [0.1, 0.15) is 30.1 Å². The summed E-state index contributed by atoms with van der Waals surface area (Å²) in [6, 6.07) is 5.19. The second kappa shape index (κ2) is 6.02. The molecular weight excluding hydrogens is 269 g/mol. The number of nitrogens with one attached hydrogen (secondary N) is 1. The maximum atomic E-state index is 14.3. The molecule has 3 rings (SSSR count). The lowest BCUT2D eigenvalue weighted by Crippen LogP contribution is -2.51. The van der Waals surface area contributed by atoms with Gasteiger partial charge >= 0.3 is 0 Å². The van der Waals surface area contributed by atoms with Crippen LogP contribution in [0.2, 0.25) is 0 Å². The largest absolute Gasteiger partial charge is 0.369 e. The van der Waals surface area contributed by atoms with Gasteiger partial charge in [0, 0.05) is 44.3 Å². The zero-order valence-electron chi connectivity index (χ0n) is 12.4. The number of carbonyl (C=O) groups excluding carboxylic acids is 1. The molecule has 1 aromatic carbocycles. The van der Waals surface area contributed by atoms with E-state index >= 15 is 0 Å². The normalized spacial score (nSPS) is 22.7. The Labute approximate surface area is 124 Å². The highest BCUT2D eigenvalue weighted by Gasteiger charge is 2.23. The number of nitrogens with zero attached hydrogens (tertiary/aromatic N) is 2. The topological polar surface area (TPSA) is 35.6 Å². The summed E-state index contributed by atoms with van der Waals surface area (Å²) in [5.74, 6) is -0.360. The van der Waals surface area contributed by atoms with E-state index in [9.17, 15) is 9.18 Å². The molecule has 1 amide bonds. The Balaban J connectivity index is 1.76. The van der Waals surface area contributed by atoms with Gasteiger partial charge in [0.1, 0.15) is 5.82 Å². The predicted molar refractivity (Wildman–Crippen MR) is 81.2 cm³/mol. The van der Waals surface area contributed by atoms with Crippen molar-refractivity contribution in [2.75, 3.05) is 37.6 Å². The lowest BCUT2D eigenvalue weighted by Gasteiger charge is -2.32. The Morgan fingerprint density at radius 1 is 1.29 bits per heavy atom. The van der Waals surface area contributed by atoms with Gasteiger partial charge in [0.25, 0.3) is 5.91 Å². The monoisotopic (exact) mass is 291 g/mol. The average molecular weight is 291 g/mol.